The van der Waals surface area contributed by atoms with Crippen molar-refractivity contribution in [1.29, 1.82) is 5.26 Å². The number of nitrogens with zero attached hydrogens (tertiary/aromatic N) is 3. The lowest BCUT2D eigenvalue weighted by Crippen LogP contribution is -2.30. The molecule has 2 rings (SSSR count). The van der Waals surface area contributed by atoms with E-state index in [1.54, 1.807) is 24.3 Å². The molecule has 1 atom stereocenters. The third-order valence-electron chi connectivity index (χ3n) is 3.48. The Bertz CT molecular complexity index is 694. The molecule has 0 unspecified atom stereocenters. The maximum atomic E-state index is 12.1. The Kier molecular flexibility index (Phi) is 4.95. The molecule has 1 aromatic heterocycles. The van der Waals surface area contributed by atoms with E-state index >= 15 is 0 Å². The summed E-state index contributed by atoms with van der Waals surface area (Å²) in [5, 5.41) is 16.1. The van der Waals surface area contributed by atoms with Gasteiger partial charge in [0.15, 0.2) is 0 Å². The summed E-state index contributed by atoms with van der Waals surface area (Å²) in [5.74, 6) is 0.157. The summed E-state index contributed by atoms with van der Waals surface area (Å²) in [4.78, 5) is 12.1. The van der Waals surface area contributed by atoms with Crippen molar-refractivity contribution in [2.24, 2.45) is 5.92 Å². The highest BCUT2D eigenvalue weighted by Crippen LogP contribution is 2.07. The largest absolute Gasteiger partial charge is 0.352 e. The van der Waals surface area contributed by atoms with E-state index in [4.69, 9.17) is 5.26 Å². The van der Waals surface area contributed by atoms with Gasteiger partial charge in [-0.15, -0.1) is 0 Å². The summed E-state index contributed by atoms with van der Waals surface area (Å²) in [7, 11) is 0. The normalized spacial score (nSPS) is 11.7. The van der Waals surface area contributed by atoms with Crippen molar-refractivity contribution in [1.82, 2.24) is 15.1 Å². The van der Waals surface area contributed by atoms with Crippen LogP contribution in [0, 0.1) is 31.1 Å². The molecule has 1 aromatic carbocycles. The third-order valence-corrected chi connectivity index (χ3v) is 3.48. The Morgan fingerprint density at radius 2 is 2.05 bits per heavy atom. The first-order chi connectivity index (χ1) is 10.5. The predicted molar refractivity (Wildman–Crippen MR) is 84.4 cm³/mol. The van der Waals surface area contributed by atoms with Crippen LogP contribution in [0.3, 0.4) is 0 Å². The molecule has 2 aromatic rings. The van der Waals surface area contributed by atoms with E-state index < -0.39 is 0 Å². The second-order valence-corrected chi connectivity index (χ2v) is 5.61. The fraction of sp³-hybridized carbons (Fsp3) is 0.353. The highest BCUT2D eigenvalue weighted by Gasteiger charge is 2.10. The van der Waals surface area contributed by atoms with Gasteiger partial charge < -0.3 is 5.32 Å². The van der Waals surface area contributed by atoms with Gasteiger partial charge >= 0.3 is 0 Å². The molecule has 1 amide bonds. The Morgan fingerprint density at radius 3 is 2.59 bits per heavy atom. The monoisotopic (exact) mass is 296 g/mol. The number of nitrogens with one attached hydrogen (secondary N) is 1. The first-order valence-corrected chi connectivity index (χ1v) is 7.29. The van der Waals surface area contributed by atoms with Crippen LogP contribution in [-0.2, 0) is 6.54 Å². The summed E-state index contributed by atoms with van der Waals surface area (Å²) in [5.41, 5.74) is 3.25. The molecular weight excluding hydrogens is 276 g/mol. The van der Waals surface area contributed by atoms with Gasteiger partial charge in [-0.3, -0.25) is 9.48 Å². The van der Waals surface area contributed by atoms with Crippen LogP contribution >= 0.6 is 0 Å². The van der Waals surface area contributed by atoms with Gasteiger partial charge in [0.25, 0.3) is 5.91 Å². The van der Waals surface area contributed by atoms with Gasteiger partial charge in [-0.1, -0.05) is 6.92 Å². The summed E-state index contributed by atoms with van der Waals surface area (Å²) in [6, 6.07) is 10.7. The number of aryl methyl sites for hydroxylation is 2. The zero-order chi connectivity index (χ0) is 16.1. The fourth-order valence-electron chi connectivity index (χ4n) is 2.28. The highest BCUT2D eigenvalue weighted by atomic mass is 16.1. The van der Waals surface area contributed by atoms with Crippen molar-refractivity contribution in [3.63, 3.8) is 0 Å². The molecular formula is C17H20N4O. The van der Waals surface area contributed by atoms with Crippen LogP contribution < -0.4 is 5.32 Å². The molecule has 1 heterocycles. The molecule has 0 aliphatic rings. The van der Waals surface area contributed by atoms with Crippen molar-refractivity contribution in [3.05, 3.63) is 52.8 Å². The number of hydrogen-bond acceptors (Lipinski definition) is 3. The van der Waals surface area contributed by atoms with Crippen LogP contribution in [0.25, 0.3) is 0 Å². The molecule has 22 heavy (non-hydrogen) atoms. The fourth-order valence-corrected chi connectivity index (χ4v) is 2.28. The Morgan fingerprint density at radius 1 is 1.36 bits per heavy atom. The summed E-state index contributed by atoms with van der Waals surface area (Å²) in [6.45, 7) is 7.43. The van der Waals surface area contributed by atoms with Crippen LogP contribution in [0.15, 0.2) is 30.3 Å². The molecule has 1 N–H and O–H groups in total. The Balaban J connectivity index is 1.87. The van der Waals surface area contributed by atoms with E-state index in [1.807, 2.05) is 30.7 Å². The minimum Gasteiger partial charge on any atom is -0.352 e. The van der Waals surface area contributed by atoms with Crippen LogP contribution in [0.1, 0.15) is 34.2 Å². The van der Waals surface area contributed by atoms with E-state index in [1.165, 1.54) is 0 Å². The maximum Gasteiger partial charge on any atom is 0.251 e. The number of rotatable bonds is 5. The number of benzene rings is 1. The number of amides is 1. The van der Waals surface area contributed by atoms with Gasteiger partial charge in [-0.25, -0.2) is 0 Å². The van der Waals surface area contributed by atoms with E-state index in [-0.39, 0.29) is 11.8 Å². The average molecular weight is 296 g/mol. The lowest BCUT2D eigenvalue weighted by Gasteiger charge is -2.14. The first-order valence-electron chi connectivity index (χ1n) is 7.29. The minimum absolute atomic E-state index is 0.121. The molecule has 0 fully saturated rings. The zero-order valence-corrected chi connectivity index (χ0v) is 13.1. The van der Waals surface area contributed by atoms with Crippen molar-refractivity contribution in [2.75, 3.05) is 6.54 Å². The molecule has 0 spiro atoms. The molecule has 0 radical (unpaired) electrons. The standard InChI is InChI=1S/C17H20N4O/c1-12(11-21-14(3)8-13(2)20-21)10-19-17(22)16-6-4-15(9-18)5-7-16/h4-8,12H,10-11H2,1-3H3,(H,19,22)/t12-/m0/s1. The first kappa shape index (κ1) is 15.8. The van der Waals surface area contributed by atoms with Crippen LogP contribution in [0.4, 0.5) is 0 Å². The van der Waals surface area contributed by atoms with Crippen LogP contribution in [0.5, 0.6) is 0 Å². The van der Waals surface area contributed by atoms with Gasteiger partial charge in [0, 0.05) is 24.3 Å². The lowest BCUT2D eigenvalue weighted by molar-refractivity contribution is 0.0946. The molecule has 0 aliphatic carbocycles. The zero-order valence-electron chi connectivity index (χ0n) is 13.1. The van der Waals surface area contributed by atoms with Gasteiger partial charge in [0.05, 0.1) is 17.3 Å². The Labute approximate surface area is 130 Å². The van der Waals surface area contributed by atoms with Crippen molar-refractivity contribution >= 4 is 5.91 Å². The lowest BCUT2D eigenvalue weighted by atomic mass is 10.1. The maximum absolute atomic E-state index is 12.1. The second kappa shape index (κ2) is 6.90. The van der Waals surface area contributed by atoms with Crippen molar-refractivity contribution < 1.29 is 4.79 Å². The van der Waals surface area contributed by atoms with E-state index in [2.05, 4.69) is 17.3 Å². The number of hydrogen-bond donors (Lipinski definition) is 1. The van der Waals surface area contributed by atoms with Crippen molar-refractivity contribution in [2.45, 2.75) is 27.3 Å². The van der Waals surface area contributed by atoms with E-state index in [9.17, 15) is 4.79 Å². The number of aromatic nitrogens is 2. The smallest absolute Gasteiger partial charge is 0.251 e. The molecule has 0 saturated heterocycles. The van der Waals surface area contributed by atoms with Gasteiger partial charge in [0.1, 0.15) is 0 Å². The summed E-state index contributed by atoms with van der Waals surface area (Å²) in [6.07, 6.45) is 0. The highest BCUT2D eigenvalue weighted by molar-refractivity contribution is 5.94. The van der Waals surface area contributed by atoms with Gasteiger partial charge in [-0.05, 0) is 50.1 Å². The molecule has 5 heteroatoms. The third kappa shape index (κ3) is 3.95. The summed E-state index contributed by atoms with van der Waals surface area (Å²) < 4.78 is 1.97. The van der Waals surface area contributed by atoms with Gasteiger partial charge in [-0.2, -0.15) is 10.4 Å². The molecule has 5 nitrogen and oxygen atoms in total. The quantitative estimate of drug-likeness (QED) is 0.921. The Hall–Kier alpha value is -2.61. The van der Waals surface area contributed by atoms with Crippen LogP contribution in [-0.4, -0.2) is 22.2 Å². The molecule has 114 valence electrons. The average Bonchev–Trinajstić information content (AvgIpc) is 2.82. The second-order valence-electron chi connectivity index (χ2n) is 5.61. The van der Waals surface area contributed by atoms with E-state index in [0.717, 1.165) is 17.9 Å². The SMILES string of the molecule is Cc1cc(C)n(C[C@@H](C)CNC(=O)c2ccc(C#N)cc2)n1. The number of carbonyl (C=O) groups is 1. The summed E-state index contributed by atoms with van der Waals surface area (Å²) >= 11 is 0. The molecule has 0 aliphatic heterocycles. The predicted octanol–water partition coefficient (Wildman–Crippen LogP) is 2.44. The molecule has 0 bridgehead atoms. The number of nitriles is 1. The van der Waals surface area contributed by atoms with Crippen LogP contribution in [0.2, 0.25) is 0 Å². The number of carbonyl (C=O) groups excluding carboxylic acids is 1. The molecule has 0 saturated carbocycles. The van der Waals surface area contributed by atoms with Crippen molar-refractivity contribution in [3.8, 4) is 6.07 Å². The topological polar surface area (TPSA) is 70.7 Å². The van der Waals surface area contributed by atoms with E-state index in [0.29, 0.717) is 17.7 Å². The van der Waals surface area contributed by atoms with Gasteiger partial charge in [0.2, 0.25) is 0 Å². The minimum atomic E-state index is -0.121.